The van der Waals surface area contributed by atoms with Crippen LogP contribution >= 0.6 is 0 Å². The lowest BCUT2D eigenvalue weighted by Gasteiger charge is -2.13. The second-order valence-electron chi connectivity index (χ2n) is 16.2. The van der Waals surface area contributed by atoms with Crippen LogP contribution in [0.5, 0.6) is 0 Å². The average Bonchev–Trinajstić information content (AvgIpc) is 3.38. The molecular weight excluding hydrogens is 777 g/mol. The zero-order chi connectivity index (χ0) is 42.4. The molecule has 12 rings (SSSR count). The van der Waals surface area contributed by atoms with Crippen molar-refractivity contribution in [3.8, 4) is 78.9 Å². The maximum Gasteiger partial charge on any atom is 0.161 e. The first kappa shape index (κ1) is 37.2. The smallest absolute Gasteiger partial charge is 0.161 e. The standard InChI is InChI=1S/C60H38N4/c1-5-21-47-41(13-1)17-9-25-51(47)57-37-55(61-59(63-57)53-27-11-19-43-15-3-7-23-49(43)53)45-33-29-39(30-34-45)40-31-35-46(36-32-40)56-38-58(52-26-10-18-42-14-2-6-22-48(42)52)64-60(62-56)54-28-12-20-44-16-4-8-24-50(44)54/h1-38H. The summed E-state index contributed by atoms with van der Waals surface area (Å²) in [6, 6.07) is 81.0. The Labute approximate surface area is 370 Å². The fourth-order valence-corrected chi connectivity index (χ4v) is 9.11. The molecule has 0 aliphatic carbocycles. The molecule has 0 aliphatic rings. The second kappa shape index (κ2) is 15.7. The van der Waals surface area contributed by atoms with Gasteiger partial charge in [0.2, 0.25) is 0 Å². The highest BCUT2D eigenvalue weighted by Crippen LogP contribution is 2.37. The molecule has 0 amide bonds. The van der Waals surface area contributed by atoms with Crippen molar-refractivity contribution in [3.63, 3.8) is 0 Å². The van der Waals surface area contributed by atoms with Crippen LogP contribution in [0.1, 0.15) is 0 Å². The third-order valence-electron chi connectivity index (χ3n) is 12.3. The van der Waals surface area contributed by atoms with E-state index >= 15 is 0 Å². The Morgan fingerprint density at radius 2 is 0.469 bits per heavy atom. The normalized spacial score (nSPS) is 11.4. The Morgan fingerprint density at radius 1 is 0.203 bits per heavy atom. The van der Waals surface area contributed by atoms with Gasteiger partial charge < -0.3 is 0 Å². The minimum absolute atomic E-state index is 0.703. The van der Waals surface area contributed by atoms with Crippen LogP contribution in [-0.2, 0) is 0 Å². The Balaban J connectivity index is 0.925. The number of rotatable bonds is 7. The first-order valence-corrected chi connectivity index (χ1v) is 21.6. The van der Waals surface area contributed by atoms with Gasteiger partial charge in [0.15, 0.2) is 11.6 Å². The van der Waals surface area contributed by atoms with Gasteiger partial charge in [-0.25, -0.2) is 19.9 Å². The number of hydrogen-bond donors (Lipinski definition) is 0. The molecule has 2 aromatic heterocycles. The number of benzene rings is 10. The van der Waals surface area contributed by atoms with Gasteiger partial charge in [-0.15, -0.1) is 0 Å². The lowest BCUT2D eigenvalue weighted by molar-refractivity contribution is 1.19. The summed E-state index contributed by atoms with van der Waals surface area (Å²) in [6.45, 7) is 0. The summed E-state index contributed by atoms with van der Waals surface area (Å²) in [5, 5.41) is 9.25. The summed E-state index contributed by atoms with van der Waals surface area (Å²) in [5.41, 5.74) is 12.0. The monoisotopic (exact) mass is 814 g/mol. The molecule has 10 aromatic carbocycles. The Kier molecular flexibility index (Phi) is 9.12. The molecule has 12 aromatic rings. The third kappa shape index (κ3) is 6.75. The van der Waals surface area contributed by atoms with Gasteiger partial charge in [0, 0.05) is 33.4 Å². The molecule has 0 spiro atoms. The van der Waals surface area contributed by atoms with E-state index in [1.54, 1.807) is 0 Å². The van der Waals surface area contributed by atoms with E-state index in [1.165, 1.54) is 10.8 Å². The maximum absolute atomic E-state index is 5.25. The lowest BCUT2D eigenvalue weighted by Crippen LogP contribution is -1.97. The van der Waals surface area contributed by atoms with Crippen molar-refractivity contribution in [1.82, 2.24) is 19.9 Å². The first-order valence-electron chi connectivity index (χ1n) is 21.6. The van der Waals surface area contributed by atoms with Crippen molar-refractivity contribution in [2.75, 3.05) is 0 Å². The van der Waals surface area contributed by atoms with Crippen molar-refractivity contribution < 1.29 is 0 Å². The molecule has 4 heteroatoms. The fourth-order valence-electron chi connectivity index (χ4n) is 9.11. The van der Waals surface area contributed by atoms with Gasteiger partial charge in [-0.3, -0.25) is 0 Å². The topological polar surface area (TPSA) is 51.6 Å². The van der Waals surface area contributed by atoms with E-state index in [9.17, 15) is 0 Å². The highest BCUT2D eigenvalue weighted by atomic mass is 14.9. The van der Waals surface area contributed by atoms with Gasteiger partial charge in [0.1, 0.15) is 0 Å². The molecule has 0 saturated heterocycles. The SMILES string of the molecule is c1ccc2c(-c3cc(-c4ccc(-c5ccc(-c6cc(-c7cccc8ccccc78)nc(-c7cccc8ccccc78)n6)cc5)cc4)nc(-c4cccc5ccccc45)n3)cccc2c1. The van der Waals surface area contributed by atoms with E-state index in [2.05, 4.69) is 231 Å². The zero-order valence-corrected chi connectivity index (χ0v) is 34.7. The Hall–Kier alpha value is -8.60. The predicted octanol–water partition coefficient (Wildman–Crippen LogP) is 15.5. The van der Waals surface area contributed by atoms with Gasteiger partial charge in [-0.2, -0.15) is 0 Å². The minimum Gasteiger partial charge on any atom is -0.228 e. The van der Waals surface area contributed by atoms with E-state index in [-0.39, 0.29) is 0 Å². The summed E-state index contributed by atoms with van der Waals surface area (Å²) >= 11 is 0. The van der Waals surface area contributed by atoms with E-state index in [0.29, 0.717) is 11.6 Å². The van der Waals surface area contributed by atoms with Crippen molar-refractivity contribution in [2.45, 2.75) is 0 Å². The highest BCUT2D eigenvalue weighted by Gasteiger charge is 2.17. The van der Waals surface area contributed by atoms with Crippen LogP contribution in [-0.4, -0.2) is 19.9 Å². The lowest BCUT2D eigenvalue weighted by atomic mass is 9.97. The number of fused-ring (bicyclic) bond motifs is 4. The van der Waals surface area contributed by atoms with E-state index in [1.807, 2.05) is 0 Å². The van der Waals surface area contributed by atoms with Crippen LogP contribution in [0, 0.1) is 0 Å². The zero-order valence-electron chi connectivity index (χ0n) is 34.7. The molecule has 0 unspecified atom stereocenters. The van der Waals surface area contributed by atoms with Crippen molar-refractivity contribution in [1.29, 1.82) is 0 Å². The average molecular weight is 815 g/mol. The molecule has 0 fully saturated rings. The predicted molar refractivity (Wildman–Crippen MR) is 266 cm³/mol. The molecule has 4 nitrogen and oxygen atoms in total. The molecule has 2 heterocycles. The molecular formula is C60H38N4. The van der Waals surface area contributed by atoms with Gasteiger partial charge in [0.25, 0.3) is 0 Å². The second-order valence-corrected chi connectivity index (χ2v) is 16.2. The first-order chi connectivity index (χ1) is 31.7. The van der Waals surface area contributed by atoms with Gasteiger partial charge >= 0.3 is 0 Å². The summed E-state index contributed by atoms with van der Waals surface area (Å²) in [7, 11) is 0. The summed E-state index contributed by atoms with van der Waals surface area (Å²) in [5.74, 6) is 1.41. The Bertz CT molecular complexity index is 3260. The van der Waals surface area contributed by atoms with Gasteiger partial charge in [-0.1, -0.05) is 218 Å². The molecule has 0 aliphatic heterocycles. The number of nitrogens with zero attached hydrogens (tertiary/aromatic N) is 4. The van der Waals surface area contributed by atoms with Gasteiger partial charge in [-0.05, 0) is 66.3 Å². The fraction of sp³-hybridized carbons (Fsp3) is 0. The molecule has 64 heavy (non-hydrogen) atoms. The molecule has 0 saturated carbocycles. The number of aromatic nitrogens is 4. The summed E-state index contributed by atoms with van der Waals surface area (Å²) in [4.78, 5) is 21.0. The van der Waals surface area contributed by atoms with Crippen LogP contribution in [0.2, 0.25) is 0 Å². The quantitative estimate of drug-likeness (QED) is 0.161. The van der Waals surface area contributed by atoms with E-state index < -0.39 is 0 Å². The molecule has 0 bridgehead atoms. The third-order valence-corrected chi connectivity index (χ3v) is 12.3. The molecule has 0 N–H and O–H groups in total. The minimum atomic E-state index is 0.703. The van der Waals surface area contributed by atoms with Crippen molar-refractivity contribution in [2.24, 2.45) is 0 Å². The maximum atomic E-state index is 5.25. The molecule has 0 atom stereocenters. The molecule has 298 valence electrons. The van der Waals surface area contributed by atoms with Crippen LogP contribution in [0.15, 0.2) is 231 Å². The van der Waals surface area contributed by atoms with E-state index in [0.717, 1.165) is 99.6 Å². The summed E-state index contributed by atoms with van der Waals surface area (Å²) in [6.07, 6.45) is 0. The largest absolute Gasteiger partial charge is 0.228 e. The van der Waals surface area contributed by atoms with Crippen LogP contribution in [0.4, 0.5) is 0 Å². The van der Waals surface area contributed by atoms with E-state index in [4.69, 9.17) is 19.9 Å². The van der Waals surface area contributed by atoms with Crippen LogP contribution in [0.25, 0.3) is 122 Å². The highest BCUT2D eigenvalue weighted by molar-refractivity contribution is 6.00. The Morgan fingerprint density at radius 3 is 0.828 bits per heavy atom. The van der Waals surface area contributed by atoms with Crippen molar-refractivity contribution >= 4 is 43.1 Å². The van der Waals surface area contributed by atoms with Gasteiger partial charge in [0.05, 0.1) is 22.8 Å². The molecule has 0 radical (unpaired) electrons. The van der Waals surface area contributed by atoms with Crippen molar-refractivity contribution in [3.05, 3.63) is 231 Å². The summed E-state index contributed by atoms with van der Waals surface area (Å²) < 4.78 is 0. The van der Waals surface area contributed by atoms with Crippen LogP contribution < -0.4 is 0 Å². The van der Waals surface area contributed by atoms with Crippen LogP contribution in [0.3, 0.4) is 0 Å². The number of hydrogen-bond acceptors (Lipinski definition) is 4.